The maximum atomic E-state index is 12.5. The van der Waals surface area contributed by atoms with Crippen LogP contribution in [-0.2, 0) is 28.8 Å². The first kappa shape index (κ1) is 18.5. The molecule has 142 valence electrons. The summed E-state index contributed by atoms with van der Waals surface area (Å²) in [5, 5.41) is 13.1. The molecule has 3 rings (SSSR count). The Morgan fingerprint density at radius 3 is 2.81 bits per heavy atom. The van der Waals surface area contributed by atoms with Crippen LogP contribution in [0.3, 0.4) is 0 Å². The molecule has 0 aliphatic carbocycles. The molecule has 2 aromatic heterocycles. The Kier molecular flexibility index (Phi) is 6.01. The van der Waals surface area contributed by atoms with E-state index in [0.717, 1.165) is 36.9 Å². The molecule has 0 amide bonds. The minimum absolute atomic E-state index is 0.105. The third-order valence-electron chi connectivity index (χ3n) is 3.67. The number of rotatable bonds is 7. The number of alkyl halides is 3. The first-order valence-corrected chi connectivity index (χ1v) is 8.06. The van der Waals surface area contributed by atoms with Gasteiger partial charge in [0, 0.05) is 18.9 Å². The zero-order valence-electron chi connectivity index (χ0n) is 13.8. The highest BCUT2D eigenvalue weighted by Crippen LogP contribution is 2.28. The van der Waals surface area contributed by atoms with Crippen LogP contribution >= 0.6 is 0 Å². The van der Waals surface area contributed by atoms with Gasteiger partial charge in [-0.3, -0.25) is 5.10 Å². The van der Waals surface area contributed by atoms with E-state index in [1.54, 1.807) is 0 Å². The molecule has 0 radical (unpaired) electrons. The normalized spacial score (nSPS) is 18.0. The maximum Gasteiger partial charge on any atom is 0.419 e. The minimum atomic E-state index is -4.45. The van der Waals surface area contributed by atoms with E-state index in [0.29, 0.717) is 26.4 Å². The number of nitrogens with zero attached hydrogens (tertiary/aromatic N) is 3. The number of hydrogen-bond donors (Lipinski definition) is 3. The molecule has 0 saturated carbocycles. The van der Waals surface area contributed by atoms with Gasteiger partial charge in [-0.25, -0.2) is 9.97 Å². The Balaban J connectivity index is 1.42. The van der Waals surface area contributed by atoms with Crippen molar-refractivity contribution in [3.05, 3.63) is 35.4 Å². The van der Waals surface area contributed by atoms with Crippen LogP contribution in [0.2, 0.25) is 0 Å². The SMILES string of the molecule is FC(F)(F)c1cnc(NCc2cc(COCC3COCCN3)n[nH]2)nc1. The second kappa shape index (κ2) is 8.43. The van der Waals surface area contributed by atoms with Gasteiger partial charge in [0.1, 0.15) is 0 Å². The summed E-state index contributed by atoms with van der Waals surface area (Å²) in [6, 6.07) is 1.99. The van der Waals surface area contributed by atoms with Gasteiger partial charge < -0.3 is 20.1 Å². The number of nitrogens with one attached hydrogen (secondary N) is 3. The minimum Gasteiger partial charge on any atom is -0.378 e. The lowest BCUT2D eigenvalue weighted by Gasteiger charge is -2.23. The van der Waals surface area contributed by atoms with Gasteiger partial charge in [-0.15, -0.1) is 0 Å². The van der Waals surface area contributed by atoms with Crippen molar-refractivity contribution in [2.45, 2.75) is 25.4 Å². The predicted molar refractivity (Wildman–Crippen MR) is 85.2 cm³/mol. The second-order valence-corrected chi connectivity index (χ2v) is 5.77. The molecule has 1 saturated heterocycles. The van der Waals surface area contributed by atoms with E-state index >= 15 is 0 Å². The van der Waals surface area contributed by atoms with E-state index in [-0.39, 0.29) is 12.0 Å². The number of ether oxygens (including phenoxy) is 2. The first-order valence-electron chi connectivity index (χ1n) is 8.06. The number of hydrogen-bond acceptors (Lipinski definition) is 7. The van der Waals surface area contributed by atoms with Gasteiger partial charge in [0.2, 0.25) is 5.95 Å². The quantitative estimate of drug-likeness (QED) is 0.675. The number of halogens is 3. The number of aromatic nitrogens is 4. The molecule has 0 spiro atoms. The van der Waals surface area contributed by atoms with Gasteiger partial charge in [-0.1, -0.05) is 0 Å². The molecule has 8 nitrogen and oxygen atoms in total. The highest BCUT2D eigenvalue weighted by molar-refractivity contribution is 5.27. The van der Waals surface area contributed by atoms with Crippen molar-refractivity contribution in [1.82, 2.24) is 25.5 Å². The number of anilines is 1. The van der Waals surface area contributed by atoms with Crippen LogP contribution in [0.1, 0.15) is 17.0 Å². The Morgan fingerprint density at radius 1 is 1.31 bits per heavy atom. The Morgan fingerprint density at radius 2 is 2.12 bits per heavy atom. The second-order valence-electron chi connectivity index (χ2n) is 5.77. The van der Waals surface area contributed by atoms with Crippen LogP contribution in [0.25, 0.3) is 0 Å². The summed E-state index contributed by atoms with van der Waals surface area (Å²) in [7, 11) is 0. The van der Waals surface area contributed by atoms with Crippen molar-refractivity contribution in [3.63, 3.8) is 0 Å². The van der Waals surface area contributed by atoms with E-state index in [1.807, 2.05) is 6.07 Å². The van der Waals surface area contributed by atoms with E-state index < -0.39 is 11.7 Å². The Bertz CT molecular complexity index is 685. The summed E-state index contributed by atoms with van der Waals surface area (Å²) in [5.41, 5.74) is 0.583. The van der Waals surface area contributed by atoms with Crippen LogP contribution in [0, 0.1) is 0 Å². The zero-order chi connectivity index (χ0) is 18.4. The van der Waals surface area contributed by atoms with Crippen LogP contribution in [-0.4, -0.2) is 52.6 Å². The van der Waals surface area contributed by atoms with Gasteiger partial charge in [0.25, 0.3) is 0 Å². The molecule has 0 aromatic carbocycles. The van der Waals surface area contributed by atoms with Crippen LogP contribution in [0.5, 0.6) is 0 Å². The molecule has 26 heavy (non-hydrogen) atoms. The fourth-order valence-electron chi connectivity index (χ4n) is 2.35. The van der Waals surface area contributed by atoms with Crippen LogP contribution < -0.4 is 10.6 Å². The Hall–Kier alpha value is -2.24. The fraction of sp³-hybridized carbons (Fsp3) is 0.533. The molecular formula is C15H19F3N6O2. The largest absolute Gasteiger partial charge is 0.419 e. The predicted octanol–water partition coefficient (Wildman–Crippen LogP) is 1.34. The molecule has 3 heterocycles. The molecule has 1 aliphatic rings. The van der Waals surface area contributed by atoms with Crippen molar-refractivity contribution in [2.24, 2.45) is 0 Å². The van der Waals surface area contributed by atoms with E-state index in [1.165, 1.54) is 0 Å². The molecule has 2 aromatic rings. The fourth-order valence-corrected chi connectivity index (χ4v) is 2.35. The van der Waals surface area contributed by atoms with Crippen molar-refractivity contribution in [1.29, 1.82) is 0 Å². The number of morpholine rings is 1. The van der Waals surface area contributed by atoms with Gasteiger partial charge in [0.15, 0.2) is 0 Å². The average molecular weight is 372 g/mol. The molecular weight excluding hydrogens is 353 g/mol. The van der Waals surface area contributed by atoms with Crippen LogP contribution in [0.15, 0.2) is 18.5 Å². The third kappa shape index (κ3) is 5.38. The smallest absolute Gasteiger partial charge is 0.378 e. The Labute approximate surface area is 147 Å². The molecule has 3 N–H and O–H groups in total. The van der Waals surface area contributed by atoms with E-state index in [4.69, 9.17) is 9.47 Å². The van der Waals surface area contributed by atoms with Crippen molar-refractivity contribution < 1.29 is 22.6 Å². The average Bonchev–Trinajstić information content (AvgIpc) is 3.08. The lowest BCUT2D eigenvalue weighted by Crippen LogP contribution is -2.44. The number of H-pyrrole nitrogens is 1. The van der Waals surface area contributed by atoms with Gasteiger partial charge >= 0.3 is 6.18 Å². The standard InChI is InChI=1S/C15H19F3N6O2/c16-15(17,18)10-4-20-14(21-5-10)22-6-11-3-12(24-23-11)7-26-9-13-8-25-2-1-19-13/h3-5,13,19H,1-2,6-9H2,(H,23,24)(H,20,21,22). The third-order valence-corrected chi connectivity index (χ3v) is 3.67. The summed E-state index contributed by atoms with van der Waals surface area (Å²) < 4.78 is 48.3. The molecule has 11 heteroatoms. The first-order chi connectivity index (χ1) is 12.5. The number of aromatic amines is 1. The summed E-state index contributed by atoms with van der Waals surface area (Å²) in [6.07, 6.45) is -2.97. The summed E-state index contributed by atoms with van der Waals surface area (Å²) in [5.74, 6) is 0.105. The highest BCUT2D eigenvalue weighted by Gasteiger charge is 2.31. The molecule has 0 bridgehead atoms. The topological polar surface area (TPSA) is 97.0 Å². The summed E-state index contributed by atoms with van der Waals surface area (Å²) in [4.78, 5) is 7.30. The summed E-state index contributed by atoms with van der Waals surface area (Å²) in [6.45, 7) is 3.34. The van der Waals surface area contributed by atoms with Gasteiger partial charge in [-0.05, 0) is 6.07 Å². The zero-order valence-corrected chi connectivity index (χ0v) is 13.8. The monoisotopic (exact) mass is 372 g/mol. The molecule has 1 atom stereocenters. The van der Waals surface area contributed by atoms with Crippen LogP contribution in [0.4, 0.5) is 19.1 Å². The highest BCUT2D eigenvalue weighted by atomic mass is 19.4. The maximum absolute atomic E-state index is 12.5. The molecule has 1 fully saturated rings. The van der Waals surface area contributed by atoms with Crippen molar-refractivity contribution in [2.75, 3.05) is 31.7 Å². The lowest BCUT2D eigenvalue weighted by atomic mass is 10.3. The lowest BCUT2D eigenvalue weighted by molar-refractivity contribution is -0.138. The van der Waals surface area contributed by atoms with Gasteiger partial charge in [0.05, 0.1) is 56.0 Å². The molecule has 1 aliphatic heterocycles. The van der Waals surface area contributed by atoms with Crippen molar-refractivity contribution >= 4 is 5.95 Å². The van der Waals surface area contributed by atoms with Crippen molar-refractivity contribution in [3.8, 4) is 0 Å². The molecule has 1 unspecified atom stereocenters. The van der Waals surface area contributed by atoms with E-state index in [9.17, 15) is 13.2 Å². The van der Waals surface area contributed by atoms with Gasteiger partial charge in [-0.2, -0.15) is 18.3 Å². The van der Waals surface area contributed by atoms with E-state index in [2.05, 4.69) is 30.8 Å². The summed E-state index contributed by atoms with van der Waals surface area (Å²) >= 11 is 0.